The van der Waals surface area contributed by atoms with Gasteiger partial charge in [-0.25, -0.2) is 4.98 Å². The molecule has 1 N–H and O–H groups in total. The smallest absolute Gasteiger partial charge is 0.254 e. The molecule has 0 aliphatic heterocycles. The van der Waals surface area contributed by atoms with E-state index < -0.39 is 0 Å². The van der Waals surface area contributed by atoms with Crippen LogP contribution in [0.3, 0.4) is 0 Å². The molecule has 0 bridgehead atoms. The van der Waals surface area contributed by atoms with E-state index in [0.29, 0.717) is 18.3 Å². The van der Waals surface area contributed by atoms with Crippen LogP contribution in [0.15, 0.2) is 42.7 Å². The molecule has 24 heavy (non-hydrogen) atoms. The zero-order chi connectivity index (χ0) is 16.4. The summed E-state index contributed by atoms with van der Waals surface area (Å²) in [5.74, 6) is 2.14. The first kappa shape index (κ1) is 15.1. The van der Waals surface area contributed by atoms with Crippen molar-refractivity contribution in [3.05, 3.63) is 54.0 Å². The number of aromatic nitrogens is 4. The van der Waals surface area contributed by atoms with Crippen molar-refractivity contribution in [2.45, 2.75) is 31.9 Å². The Bertz CT molecular complexity index is 813. The van der Waals surface area contributed by atoms with E-state index in [1.165, 1.54) is 31.2 Å². The second kappa shape index (κ2) is 6.57. The average molecular weight is 323 g/mol. The Hall–Kier alpha value is -2.47. The van der Waals surface area contributed by atoms with Gasteiger partial charge in [-0.3, -0.25) is 0 Å². The summed E-state index contributed by atoms with van der Waals surface area (Å²) in [6, 6.07) is 12.9. The van der Waals surface area contributed by atoms with Crippen molar-refractivity contribution in [3.63, 3.8) is 0 Å². The van der Waals surface area contributed by atoms with Crippen molar-refractivity contribution in [1.82, 2.24) is 19.6 Å². The summed E-state index contributed by atoms with van der Waals surface area (Å²) in [6.45, 7) is 0.456. The van der Waals surface area contributed by atoms with Crippen LogP contribution in [0.2, 0.25) is 0 Å². The largest absolute Gasteiger partial charge is 0.378 e. The summed E-state index contributed by atoms with van der Waals surface area (Å²) in [7, 11) is 1.67. The van der Waals surface area contributed by atoms with Crippen molar-refractivity contribution < 1.29 is 4.74 Å². The highest BCUT2D eigenvalue weighted by Gasteiger charge is 2.29. The van der Waals surface area contributed by atoms with Crippen molar-refractivity contribution in [3.8, 4) is 0 Å². The molecule has 0 radical (unpaired) electrons. The molecular formula is C18H21N5O. The van der Waals surface area contributed by atoms with Crippen LogP contribution in [0.25, 0.3) is 5.78 Å². The van der Waals surface area contributed by atoms with Gasteiger partial charge in [-0.05, 0) is 24.3 Å². The maximum atomic E-state index is 5.23. The van der Waals surface area contributed by atoms with Gasteiger partial charge in [0.2, 0.25) is 0 Å². The Morgan fingerprint density at radius 1 is 1.29 bits per heavy atom. The molecule has 3 aromatic rings. The molecule has 6 heteroatoms. The Kier molecular flexibility index (Phi) is 4.13. The molecule has 1 aliphatic rings. The third-order valence-corrected chi connectivity index (χ3v) is 4.68. The van der Waals surface area contributed by atoms with Crippen LogP contribution in [0, 0.1) is 5.92 Å². The van der Waals surface area contributed by atoms with Gasteiger partial charge in [-0.1, -0.05) is 36.8 Å². The van der Waals surface area contributed by atoms with Gasteiger partial charge in [-0.15, -0.1) is 0 Å². The third kappa shape index (κ3) is 2.85. The van der Waals surface area contributed by atoms with Crippen molar-refractivity contribution in [1.29, 1.82) is 0 Å². The normalized spacial score (nSPS) is 16.0. The highest BCUT2D eigenvalue weighted by atomic mass is 16.5. The van der Waals surface area contributed by atoms with E-state index in [2.05, 4.69) is 50.7 Å². The summed E-state index contributed by atoms with van der Waals surface area (Å²) in [4.78, 5) is 8.70. The lowest BCUT2D eigenvalue weighted by atomic mass is 9.77. The highest BCUT2D eigenvalue weighted by Crippen LogP contribution is 2.39. The summed E-state index contributed by atoms with van der Waals surface area (Å²) in [6.07, 6.45) is 5.34. The third-order valence-electron chi connectivity index (χ3n) is 4.68. The molecule has 1 atom stereocenters. The van der Waals surface area contributed by atoms with Gasteiger partial charge in [0.15, 0.2) is 0 Å². The number of hydrogen-bond acceptors (Lipinski definition) is 5. The molecular weight excluding hydrogens is 302 g/mol. The molecule has 1 fully saturated rings. The zero-order valence-electron chi connectivity index (χ0n) is 13.7. The topological polar surface area (TPSA) is 64.3 Å². The molecule has 2 aromatic heterocycles. The van der Waals surface area contributed by atoms with Gasteiger partial charge >= 0.3 is 0 Å². The number of ether oxygens (including phenoxy) is 1. The first-order valence-corrected chi connectivity index (χ1v) is 8.35. The van der Waals surface area contributed by atoms with Gasteiger partial charge in [0.05, 0.1) is 18.3 Å². The molecule has 1 aliphatic carbocycles. The fourth-order valence-corrected chi connectivity index (χ4v) is 3.25. The maximum Gasteiger partial charge on any atom is 0.254 e. The van der Waals surface area contributed by atoms with E-state index in [4.69, 9.17) is 4.74 Å². The Morgan fingerprint density at radius 2 is 2.12 bits per heavy atom. The molecule has 0 spiro atoms. The van der Waals surface area contributed by atoms with E-state index >= 15 is 0 Å². The Labute approximate surface area is 140 Å². The molecule has 0 amide bonds. The van der Waals surface area contributed by atoms with Crippen LogP contribution < -0.4 is 5.32 Å². The fraction of sp³-hybridized carbons (Fsp3) is 0.389. The van der Waals surface area contributed by atoms with Crippen LogP contribution in [0.1, 0.15) is 36.6 Å². The van der Waals surface area contributed by atoms with Gasteiger partial charge in [0, 0.05) is 13.2 Å². The number of rotatable bonds is 6. The first-order chi connectivity index (χ1) is 11.8. The van der Waals surface area contributed by atoms with Crippen LogP contribution in [-0.4, -0.2) is 26.7 Å². The van der Waals surface area contributed by atoms with E-state index in [-0.39, 0.29) is 6.04 Å². The summed E-state index contributed by atoms with van der Waals surface area (Å²) in [5, 5.41) is 8.00. The summed E-state index contributed by atoms with van der Waals surface area (Å²) < 4.78 is 6.99. The lowest BCUT2D eigenvalue weighted by molar-refractivity contribution is 0.181. The number of nitrogens with one attached hydrogen (secondary N) is 1. The minimum Gasteiger partial charge on any atom is -0.378 e. The lowest BCUT2D eigenvalue weighted by Crippen LogP contribution is -2.27. The Morgan fingerprint density at radius 3 is 2.83 bits per heavy atom. The van der Waals surface area contributed by atoms with E-state index in [0.717, 1.165) is 11.5 Å². The first-order valence-electron chi connectivity index (χ1n) is 8.35. The number of methoxy groups -OCH3 is 1. The molecule has 4 rings (SSSR count). The van der Waals surface area contributed by atoms with Crippen molar-refractivity contribution in [2.75, 3.05) is 12.4 Å². The predicted octanol–water partition coefficient (Wildman–Crippen LogP) is 3.22. The minimum atomic E-state index is 0.269. The maximum absolute atomic E-state index is 5.23. The van der Waals surface area contributed by atoms with Crippen LogP contribution >= 0.6 is 0 Å². The quantitative estimate of drug-likeness (QED) is 0.754. The van der Waals surface area contributed by atoms with Crippen LogP contribution in [0.4, 0.5) is 5.82 Å². The molecule has 0 saturated heterocycles. The second-order valence-electron chi connectivity index (χ2n) is 6.26. The second-order valence-corrected chi connectivity index (χ2v) is 6.26. The van der Waals surface area contributed by atoms with Crippen molar-refractivity contribution >= 4 is 11.6 Å². The standard InChI is InChI=1S/C18H21N5O/c1-24-11-15-10-16(23-18(21-15)19-12-20-23)22-17(14-8-5-9-14)13-6-3-2-4-7-13/h2-4,6-7,10,12,14,17,22H,5,8-9,11H2,1H3. The molecule has 2 heterocycles. The fourth-order valence-electron chi connectivity index (χ4n) is 3.25. The SMILES string of the molecule is COCc1cc(NC(c2ccccc2)C2CCC2)n2ncnc2n1. The zero-order valence-corrected chi connectivity index (χ0v) is 13.7. The number of hydrogen-bond donors (Lipinski definition) is 1. The monoisotopic (exact) mass is 323 g/mol. The molecule has 6 nitrogen and oxygen atoms in total. The number of fused-ring (bicyclic) bond motifs is 1. The van der Waals surface area contributed by atoms with E-state index in [1.807, 2.05) is 6.07 Å². The minimum absolute atomic E-state index is 0.269. The van der Waals surface area contributed by atoms with Gasteiger partial charge in [0.25, 0.3) is 5.78 Å². The van der Waals surface area contributed by atoms with Gasteiger partial charge < -0.3 is 10.1 Å². The number of anilines is 1. The predicted molar refractivity (Wildman–Crippen MR) is 91.6 cm³/mol. The highest BCUT2D eigenvalue weighted by molar-refractivity contribution is 5.47. The molecule has 1 unspecified atom stereocenters. The van der Waals surface area contributed by atoms with Gasteiger partial charge in [0.1, 0.15) is 12.1 Å². The average Bonchev–Trinajstić information content (AvgIpc) is 3.02. The lowest BCUT2D eigenvalue weighted by Gasteiger charge is -2.35. The molecule has 1 saturated carbocycles. The Balaban J connectivity index is 1.71. The number of nitrogens with zero attached hydrogens (tertiary/aromatic N) is 4. The van der Waals surface area contributed by atoms with E-state index in [1.54, 1.807) is 11.6 Å². The number of benzene rings is 1. The van der Waals surface area contributed by atoms with Crippen molar-refractivity contribution in [2.24, 2.45) is 5.92 Å². The van der Waals surface area contributed by atoms with Crippen LogP contribution in [0.5, 0.6) is 0 Å². The summed E-state index contributed by atoms with van der Waals surface area (Å²) >= 11 is 0. The van der Waals surface area contributed by atoms with Gasteiger partial charge in [-0.2, -0.15) is 14.6 Å². The summed E-state index contributed by atoms with van der Waals surface area (Å²) in [5.41, 5.74) is 2.15. The van der Waals surface area contributed by atoms with E-state index in [9.17, 15) is 0 Å². The molecule has 1 aromatic carbocycles. The van der Waals surface area contributed by atoms with Crippen LogP contribution in [-0.2, 0) is 11.3 Å². The molecule has 124 valence electrons.